The SMILES string of the molecule is CCNC(=NCc1ccc(COC2CCOCC2)cc1)NCC1(CC)CCCC1. The second-order valence-corrected chi connectivity index (χ2v) is 8.55. The Morgan fingerprint density at radius 2 is 1.76 bits per heavy atom. The number of hydrogen-bond acceptors (Lipinski definition) is 3. The molecule has 0 unspecified atom stereocenters. The standard InChI is InChI=1S/C24H39N3O2/c1-3-24(13-5-6-14-24)19-27-23(25-4-2)26-17-20-7-9-21(10-8-20)18-29-22-11-15-28-16-12-22/h7-10,22H,3-6,11-19H2,1-2H3,(H2,25,26,27). The predicted molar refractivity (Wildman–Crippen MR) is 119 cm³/mol. The van der Waals surface area contributed by atoms with Gasteiger partial charge >= 0.3 is 0 Å². The summed E-state index contributed by atoms with van der Waals surface area (Å²) in [6.45, 7) is 9.37. The Bertz CT molecular complexity index is 618. The van der Waals surface area contributed by atoms with Crippen LogP contribution in [0.5, 0.6) is 0 Å². The third-order valence-corrected chi connectivity index (χ3v) is 6.49. The summed E-state index contributed by atoms with van der Waals surface area (Å²) in [6.07, 6.45) is 9.02. The van der Waals surface area contributed by atoms with Gasteiger partial charge in [-0.2, -0.15) is 0 Å². The Kier molecular flexibility index (Phi) is 8.81. The molecule has 2 aliphatic rings. The van der Waals surface area contributed by atoms with Gasteiger partial charge in [-0.3, -0.25) is 0 Å². The van der Waals surface area contributed by atoms with E-state index in [-0.39, 0.29) is 0 Å². The minimum Gasteiger partial charge on any atom is -0.381 e. The number of ether oxygens (including phenoxy) is 2. The molecule has 0 atom stereocenters. The molecular formula is C24H39N3O2. The molecule has 1 aliphatic carbocycles. The van der Waals surface area contributed by atoms with Crippen LogP contribution in [0, 0.1) is 5.41 Å². The molecule has 1 aliphatic heterocycles. The molecule has 1 saturated heterocycles. The van der Waals surface area contributed by atoms with Crippen molar-refractivity contribution < 1.29 is 9.47 Å². The second kappa shape index (κ2) is 11.6. The first-order chi connectivity index (χ1) is 14.2. The number of aliphatic imine (C=N–C) groups is 1. The number of nitrogens with zero attached hydrogens (tertiary/aromatic N) is 1. The summed E-state index contributed by atoms with van der Waals surface area (Å²) in [5.41, 5.74) is 2.91. The lowest BCUT2D eigenvalue weighted by molar-refractivity contribution is -0.0390. The van der Waals surface area contributed by atoms with Gasteiger partial charge in [0.1, 0.15) is 0 Å². The lowest BCUT2D eigenvalue weighted by Gasteiger charge is -2.28. The van der Waals surface area contributed by atoms with Gasteiger partial charge in [0.25, 0.3) is 0 Å². The molecule has 5 nitrogen and oxygen atoms in total. The Morgan fingerprint density at radius 1 is 1.07 bits per heavy atom. The highest BCUT2D eigenvalue weighted by atomic mass is 16.5. The predicted octanol–water partition coefficient (Wildman–Crippen LogP) is 4.41. The maximum absolute atomic E-state index is 6.01. The van der Waals surface area contributed by atoms with Gasteiger partial charge in [-0.1, -0.05) is 44.0 Å². The van der Waals surface area contributed by atoms with Crippen LogP contribution in [0.1, 0.15) is 69.9 Å². The molecule has 29 heavy (non-hydrogen) atoms. The Labute approximate surface area is 176 Å². The van der Waals surface area contributed by atoms with E-state index in [0.717, 1.165) is 45.1 Å². The third kappa shape index (κ3) is 7.00. The Hall–Kier alpha value is -1.59. The van der Waals surface area contributed by atoms with E-state index in [2.05, 4.69) is 48.7 Å². The van der Waals surface area contributed by atoms with Crippen LogP contribution in [0.25, 0.3) is 0 Å². The van der Waals surface area contributed by atoms with Crippen molar-refractivity contribution in [1.82, 2.24) is 10.6 Å². The van der Waals surface area contributed by atoms with Gasteiger partial charge in [-0.05, 0) is 55.6 Å². The molecule has 162 valence electrons. The summed E-state index contributed by atoms with van der Waals surface area (Å²) in [4.78, 5) is 4.81. The Balaban J connectivity index is 1.48. The lowest BCUT2D eigenvalue weighted by Crippen LogP contribution is -2.42. The van der Waals surface area contributed by atoms with Crippen molar-refractivity contribution in [2.24, 2.45) is 10.4 Å². The van der Waals surface area contributed by atoms with Crippen molar-refractivity contribution in [3.8, 4) is 0 Å². The van der Waals surface area contributed by atoms with Crippen LogP contribution in [-0.2, 0) is 22.6 Å². The third-order valence-electron chi connectivity index (χ3n) is 6.49. The van der Waals surface area contributed by atoms with E-state index in [9.17, 15) is 0 Å². The normalized spacial score (nSPS) is 20.0. The van der Waals surface area contributed by atoms with Gasteiger partial charge in [0.05, 0.1) is 19.3 Å². The maximum atomic E-state index is 6.01. The van der Waals surface area contributed by atoms with E-state index in [0.29, 0.717) is 24.7 Å². The molecule has 1 aromatic carbocycles. The smallest absolute Gasteiger partial charge is 0.191 e. The van der Waals surface area contributed by atoms with Crippen LogP contribution in [0.3, 0.4) is 0 Å². The molecule has 1 heterocycles. The van der Waals surface area contributed by atoms with Crippen LogP contribution < -0.4 is 10.6 Å². The van der Waals surface area contributed by atoms with Crippen molar-refractivity contribution in [3.63, 3.8) is 0 Å². The van der Waals surface area contributed by atoms with Crippen LogP contribution in [0.15, 0.2) is 29.3 Å². The summed E-state index contributed by atoms with van der Waals surface area (Å²) in [5, 5.41) is 7.00. The molecule has 1 saturated carbocycles. The summed E-state index contributed by atoms with van der Waals surface area (Å²) >= 11 is 0. The minimum absolute atomic E-state index is 0.341. The molecule has 0 radical (unpaired) electrons. The van der Waals surface area contributed by atoms with Crippen molar-refractivity contribution >= 4 is 5.96 Å². The number of benzene rings is 1. The highest BCUT2D eigenvalue weighted by Gasteiger charge is 2.31. The molecule has 0 bridgehead atoms. The quantitative estimate of drug-likeness (QED) is 0.475. The molecule has 0 spiro atoms. The van der Waals surface area contributed by atoms with E-state index in [1.54, 1.807) is 0 Å². The first kappa shape index (κ1) is 22.1. The van der Waals surface area contributed by atoms with E-state index in [4.69, 9.17) is 14.5 Å². The monoisotopic (exact) mass is 401 g/mol. The van der Waals surface area contributed by atoms with Gasteiger partial charge in [0, 0.05) is 26.3 Å². The minimum atomic E-state index is 0.341. The van der Waals surface area contributed by atoms with E-state index >= 15 is 0 Å². The first-order valence-electron chi connectivity index (χ1n) is 11.5. The number of nitrogens with one attached hydrogen (secondary N) is 2. The zero-order valence-corrected chi connectivity index (χ0v) is 18.3. The van der Waals surface area contributed by atoms with Crippen molar-refractivity contribution in [1.29, 1.82) is 0 Å². The summed E-state index contributed by atoms with van der Waals surface area (Å²) in [6, 6.07) is 8.66. The highest BCUT2D eigenvalue weighted by Crippen LogP contribution is 2.40. The summed E-state index contributed by atoms with van der Waals surface area (Å²) in [7, 11) is 0. The zero-order chi connectivity index (χ0) is 20.4. The van der Waals surface area contributed by atoms with Gasteiger partial charge in [0.15, 0.2) is 5.96 Å². The average Bonchev–Trinajstić information content (AvgIpc) is 3.25. The van der Waals surface area contributed by atoms with Gasteiger partial charge in [-0.15, -0.1) is 0 Å². The van der Waals surface area contributed by atoms with Crippen LogP contribution >= 0.6 is 0 Å². The fraction of sp³-hybridized carbons (Fsp3) is 0.708. The molecule has 2 N–H and O–H groups in total. The molecule has 5 heteroatoms. The van der Waals surface area contributed by atoms with Crippen molar-refractivity contribution in [2.75, 3.05) is 26.3 Å². The molecule has 2 fully saturated rings. The van der Waals surface area contributed by atoms with Gasteiger partial charge < -0.3 is 20.1 Å². The van der Waals surface area contributed by atoms with Gasteiger partial charge in [-0.25, -0.2) is 4.99 Å². The fourth-order valence-corrected chi connectivity index (χ4v) is 4.36. The van der Waals surface area contributed by atoms with Crippen molar-refractivity contribution in [3.05, 3.63) is 35.4 Å². The van der Waals surface area contributed by atoms with E-state index in [1.807, 2.05) is 0 Å². The van der Waals surface area contributed by atoms with E-state index in [1.165, 1.54) is 43.2 Å². The molecular weight excluding hydrogens is 362 g/mol. The van der Waals surface area contributed by atoms with Gasteiger partial charge in [0.2, 0.25) is 0 Å². The first-order valence-corrected chi connectivity index (χ1v) is 11.5. The number of hydrogen-bond donors (Lipinski definition) is 2. The Morgan fingerprint density at radius 3 is 2.41 bits per heavy atom. The second-order valence-electron chi connectivity index (χ2n) is 8.55. The van der Waals surface area contributed by atoms with Crippen LogP contribution in [-0.4, -0.2) is 38.4 Å². The highest BCUT2D eigenvalue weighted by molar-refractivity contribution is 5.79. The lowest BCUT2D eigenvalue weighted by atomic mass is 9.83. The molecule has 0 amide bonds. The molecule has 3 rings (SSSR count). The van der Waals surface area contributed by atoms with E-state index < -0.39 is 0 Å². The number of rotatable bonds is 9. The largest absolute Gasteiger partial charge is 0.381 e. The fourth-order valence-electron chi connectivity index (χ4n) is 4.36. The van der Waals surface area contributed by atoms with Crippen LogP contribution in [0.2, 0.25) is 0 Å². The van der Waals surface area contributed by atoms with Crippen LogP contribution in [0.4, 0.5) is 0 Å². The average molecular weight is 402 g/mol. The number of guanidine groups is 1. The zero-order valence-electron chi connectivity index (χ0n) is 18.3. The molecule has 0 aromatic heterocycles. The maximum Gasteiger partial charge on any atom is 0.191 e. The molecule has 1 aromatic rings. The topological polar surface area (TPSA) is 54.9 Å². The van der Waals surface area contributed by atoms with Crippen molar-refractivity contribution in [2.45, 2.75) is 78.0 Å². The summed E-state index contributed by atoms with van der Waals surface area (Å²) < 4.78 is 11.4. The summed E-state index contributed by atoms with van der Waals surface area (Å²) in [5.74, 6) is 0.930.